The number of morpholine rings is 1. The molecule has 1 aliphatic rings. The third-order valence-electron chi connectivity index (χ3n) is 5.89. The lowest BCUT2D eigenvalue weighted by molar-refractivity contribution is -0.129. The molecule has 1 aliphatic heterocycles. The summed E-state index contributed by atoms with van der Waals surface area (Å²) < 4.78 is 16.6. The van der Waals surface area contributed by atoms with E-state index in [1.807, 2.05) is 55.5 Å². The van der Waals surface area contributed by atoms with Crippen LogP contribution in [-0.2, 0) is 14.3 Å². The van der Waals surface area contributed by atoms with Gasteiger partial charge >= 0.3 is 0 Å². The number of nitrogens with zero attached hydrogens (tertiary/aromatic N) is 1. The standard InChI is InChI=1S/C26H36N2O5/c1-2-32-25(26(27)30)5-3-4-24(29)22-8-6-20(7-9-22)21-10-12-23(13-11-21)33-19-16-28-14-17-31-18-15-28/h6-13,24-25,29H,2-5,14-19H2,1H3,(H2,27,30). The fraction of sp³-hybridized carbons (Fsp3) is 0.500. The number of carbonyl (C=O) groups is 1. The summed E-state index contributed by atoms with van der Waals surface area (Å²) in [5.41, 5.74) is 8.38. The lowest BCUT2D eigenvalue weighted by Crippen LogP contribution is -2.38. The largest absolute Gasteiger partial charge is 0.492 e. The Morgan fingerprint density at radius 3 is 2.30 bits per heavy atom. The molecular formula is C26H36N2O5. The predicted octanol–water partition coefficient (Wildman–Crippen LogP) is 3.16. The van der Waals surface area contributed by atoms with E-state index in [0.29, 0.717) is 32.5 Å². The average molecular weight is 457 g/mol. The first-order valence-corrected chi connectivity index (χ1v) is 11.8. The third-order valence-corrected chi connectivity index (χ3v) is 5.89. The summed E-state index contributed by atoms with van der Waals surface area (Å²) in [6, 6.07) is 16.0. The molecule has 7 heteroatoms. The first-order valence-electron chi connectivity index (χ1n) is 11.8. The monoisotopic (exact) mass is 456 g/mol. The highest BCUT2D eigenvalue weighted by Crippen LogP contribution is 2.26. The summed E-state index contributed by atoms with van der Waals surface area (Å²) in [4.78, 5) is 13.7. The first kappa shape index (κ1) is 25.2. The molecule has 0 aliphatic carbocycles. The van der Waals surface area contributed by atoms with Crippen molar-refractivity contribution in [1.29, 1.82) is 0 Å². The van der Waals surface area contributed by atoms with Crippen molar-refractivity contribution in [1.82, 2.24) is 4.90 Å². The van der Waals surface area contributed by atoms with E-state index in [4.69, 9.17) is 19.9 Å². The van der Waals surface area contributed by atoms with Crippen molar-refractivity contribution < 1.29 is 24.1 Å². The van der Waals surface area contributed by atoms with Crippen LogP contribution < -0.4 is 10.5 Å². The van der Waals surface area contributed by atoms with Crippen LogP contribution in [0.1, 0.15) is 37.9 Å². The smallest absolute Gasteiger partial charge is 0.246 e. The zero-order valence-electron chi connectivity index (χ0n) is 19.4. The Morgan fingerprint density at radius 1 is 1.06 bits per heavy atom. The van der Waals surface area contributed by atoms with Gasteiger partial charge in [-0.15, -0.1) is 0 Å². The zero-order chi connectivity index (χ0) is 23.5. The maximum Gasteiger partial charge on any atom is 0.246 e. The number of carbonyl (C=O) groups excluding carboxylic acids is 1. The van der Waals surface area contributed by atoms with Gasteiger partial charge in [0.05, 0.1) is 19.3 Å². The molecule has 2 aromatic carbocycles. The molecule has 2 atom stereocenters. The summed E-state index contributed by atoms with van der Waals surface area (Å²) in [5.74, 6) is 0.407. The van der Waals surface area contributed by atoms with Gasteiger partial charge in [-0.1, -0.05) is 36.4 Å². The molecule has 33 heavy (non-hydrogen) atoms. The first-order chi connectivity index (χ1) is 16.1. The molecule has 3 N–H and O–H groups in total. The number of nitrogens with two attached hydrogens (primary N) is 1. The second-order valence-corrected chi connectivity index (χ2v) is 8.24. The van der Waals surface area contributed by atoms with E-state index in [9.17, 15) is 9.90 Å². The second kappa shape index (κ2) is 13.3. The molecule has 1 fully saturated rings. The van der Waals surface area contributed by atoms with Crippen LogP contribution in [-0.4, -0.2) is 68.1 Å². The van der Waals surface area contributed by atoms with Crippen LogP contribution in [0.4, 0.5) is 0 Å². The SMILES string of the molecule is CCOC(CCCC(O)c1ccc(-c2ccc(OCCN3CCOCC3)cc2)cc1)C(N)=O. The minimum absolute atomic E-state index is 0.444. The average Bonchev–Trinajstić information content (AvgIpc) is 2.84. The van der Waals surface area contributed by atoms with Gasteiger partial charge in [-0.2, -0.15) is 0 Å². The van der Waals surface area contributed by atoms with Crippen molar-refractivity contribution in [3.63, 3.8) is 0 Å². The summed E-state index contributed by atoms with van der Waals surface area (Å²) in [5, 5.41) is 10.5. The van der Waals surface area contributed by atoms with Crippen LogP contribution >= 0.6 is 0 Å². The number of hydrogen-bond acceptors (Lipinski definition) is 6. The van der Waals surface area contributed by atoms with Crippen LogP contribution in [0, 0.1) is 0 Å². The number of ether oxygens (including phenoxy) is 3. The lowest BCUT2D eigenvalue weighted by Gasteiger charge is -2.26. The second-order valence-electron chi connectivity index (χ2n) is 8.24. The van der Waals surface area contributed by atoms with Crippen molar-refractivity contribution in [3.8, 4) is 16.9 Å². The Hall–Kier alpha value is -2.45. The van der Waals surface area contributed by atoms with E-state index in [2.05, 4.69) is 4.90 Å². The molecule has 1 amide bonds. The van der Waals surface area contributed by atoms with Crippen LogP contribution in [0.2, 0.25) is 0 Å². The number of aliphatic hydroxyl groups is 1. The van der Waals surface area contributed by atoms with E-state index in [0.717, 1.165) is 55.3 Å². The van der Waals surface area contributed by atoms with E-state index in [1.54, 1.807) is 0 Å². The Kier molecular flexibility index (Phi) is 10.2. The van der Waals surface area contributed by atoms with Crippen molar-refractivity contribution in [3.05, 3.63) is 54.1 Å². The topological polar surface area (TPSA) is 94.2 Å². The van der Waals surface area contributed by atoms with Gasteiger partial charge in [0.1, 0.15) is 18.5 Å². The fourth-order valence-electron chi connectivity index (χ4n) is 3.93. The van der Waals surface area contributed by atoms with Gasteiger partial charge < -0.3 is 25.1 Å². The Morgan fingerprint density at radius 2 is 1.70 bits per heavy atom. The van der Waals surface area contributed by atoms with Gasteiger partial charge in [-0.25, -0.2) is 0 Å². The molecule has 1 saturated heterocycles. The van der Waals surface area contributed by atoms with Crippen molar-refractivity contribution in [2.75, 3.05) is 46.1 Å². The predicted molar refractivity (Wildman–Crippen MR) is 128 cm³/mol. The summed E-state index contributed by atoms with van der Waals surface area (Å²) >= 11 is 0. The van der Waals surface area contributed by atoms with E-state index < -0.39 is 18.1 Å². The van der Waals surface area contributed by atoms with Gasteiger partial charge in [0.25, 0.3) is 0 Å². The Labute approximate surface area is 196 Å². The van der Waals surface area contributed by atoms with E-state index in [-0.39, 0.29) is 0 Å². The molecule has 0 saturated carbocycles. The molecule has 2 aromatic rings. The number of benzene rings is 2. The molecule has 2 unspecified atom stereocenters. The molecular weight excluding hydrogens is 420 g/mol. The van der Waals surface area contributed by atoms with E-state index in [1.165, 1.54) is 0 Å². The van der Waals surface area contributed by atoms with Crippen LogP contribution in [0.15, 0.2) is 48.5 Å². The van der Waals surface area contributed by atoms with Crippen LogP contribution in [0.5, 0.6) is 5.75 Å². The molecule has 1 heterocycles. The molecule has 3 rings (SSSR count). The normalized spacial score (nSPS) is 16.3. The fourth-order valence-corrected chi connectivity index (χ4v) is 3.93. The summed E-state index contributed by atoms with van der Waals surface area (Å²) in [7, 11) is 0. The molecule has 0 aromatic heterocycles. The summed E-state index contributed by atoms with van der Waals surface area (Å²) in [6.07, 6.45) is 0.544. The molecule has 0 spiro atoms. The van der Waals surface area contributed by atoms with Gasteiger partial charge in [0.15, 0.2) is 0 Å². The maximum atomic E-state index is 11.4. The Balaban J connectivity index is 1.45. The summed E-state index contributed by atoms with van der Waals surface area (Å²) in [6.45, 7) is 7.38. The third kappa shape index (κ3) is 8.12. The molecule has 0 radical (unpaired) electrons. The zero-order valence-corrected chi connectivity index (χ0v) is 19.4. The number of amides is 1. The number of aliphatic hydroxyl groups excluding tert-OH is 1. The Bertz CT molecular complexity index is 835. The highest BCUT2D eigenvalue weighted by molar-refractivity contribution is 5.78. The van der Waals surface area contributed by atoms with Crippen LogP contribution in [0.25, 0.3) is 11.1 Å². The van der Waals surface area contributed by atoms with Crippen molar-refractivity contribution in [2.45, 2.75) is 38.4 Å². The highest BCUT2D eigenvalue weighted by Gasteiger charge is 2.16. The van der Waals surface area contributed by atoms with Gasteiger partial charge in [0, 0.05) is 26.2 Å². The quantitative estimate of drug-likeness (QED) is 0.481. The molecule has 180 valence electrons. The van der Waals surface area contributed by atoms with Crippen LogP contribution in [0.3, 0.4) is 0 Å². The number of hydrogen-bond donors (Lipinski definition) is 2. The molecule has 0 bridgehead atoms. The minimum atomic E-state index is -0.587. The number of primary amides is 1. The molecule has 7 nitrogen and oxygen atoms in total. The lowest BCUT2D eigenvalue weighted by atomic mass is 9.99. The van der Waals surface area contributed by atoms with E-state index >= 15 is 0 Å². The maximum absolute atomic E-state index is 11.4. The number of rotatable bonds is 13. The van der Waals surface area contributed by atoms with Gasteiger partial charge in [0.2, 0.25) is 5.91 Å². The van der Waals surface area contributed by atoms with Gasteiger partial charge in [-0.05, 0) is 55.0 Å². The minimum Gasteiger partial charge on any atom is -0.492 e. The van der Waals surface area contributed by atoms with Gasteiger partial charge in [-0.3, -0.25) is 9.69 Å². The highest BCUT2D eigenvalue weighted by atomic mass is 16.5. The van der Waals surface area contributed by atoms with Crippen molar-refractivity contribution in [2.24, 2.45) is 5.73 Å². The van der Waals surface area contributed by atoms with Crippen molar-refractivity contribution >= 4 is 5.91 Å².